The number of carbonyl (C=O) groups is 2. The largest absolute Gasteiger partial charge is 0.480 e. The summed E-state index contributed by atoms with van der Waals surface area (Å²) in [6.45, 7) is 1.47. The summed E-state index contributed by atoms with van der Waals surface area (Å²) in [4.78, 5) is 28.1. The van der Waals surface area contributed by atoms with E-state index in [1.807, 2.05) is 0 Å². The van der Waals surface area contributed by atoms with Crippen LogP contribution in [-0.2, 0) is 4.79 Å². The molecule has 0 radical (unpaired) electrons. The summed E-state index contributed by atoms with van der Waals surface area (Å²) in [6, 6.07) is 2.56. The predicted molar refractivity (Wildman–Crippen MR) is 64.4 cm³/mol. The SMILES string of the molecule is CC(C(=O)O)N(C)C(=O)c1ccc2cncn2c1. The molecular formula is C12H13N3O3. The third-order valence-electron chi connectivity index (χ3n) is 2.91. The van der Waals surface area contributed by atoms with Gasteiger partial charge >= 0.3 is 5.97 Å². The second kappa shape index (κ2) is 4.48. The minimum atomic E-state index is -1.03. The average molecular weight is 247 g/mol. The molecule has 0 saturated heterocycles. The van der Waals surface area contributed by atoms with Gasteiger partial charge in [-0.25, -0.2) is 9.78 Å². The van der Waals surface area contributed by atoms with Crippen LogP contribution in [0.15, 0.2) is 30.9 Å². The lowest BCUT2D eigenvalue weighted by Crippen LogP contribution is -2.40. The van der Waals surface area contributed by atoms with E-state index in [2.05, 4.69) is 4.98 Å². The highest BCUT2D eigenvalue weighted by molar-refractivity contribution is 5.96. The zero-order valence-electron chi connectivity index (χ0n) is 10.1. The minimum Gasteiger partial charge on any atom is -0.480 e. The number of likely N-dealkylation sites (N-methyl/N-ethyl adjacent to an activating group) is 1. The fourth-order valence-electron chi connectivity index (χ4n) is 1.59. The number of aliphatic carboxylic acids is 1. The fourth-order valence-corrected chi connectivity index (χ4v) is 1.59. The summed E-state index contributed by atoms with van der Waals surface area (Å²) in [5, 5.41) is 8.88. The fraction of sp³-hybridized carbons (Fsp3) is 0.250. The summed E-state index contributed by atoms with van der Waals surface area (Å²) in [5.41, 5.74) is 1.30. The molecule has 6 heteroatoms. The van der Waals surface area contributed by atoms with Crippen molar-refractivity contribution in [3.05, 3.63) is 36.4 Å². The molecule has 0 fully saturated rings. The quantitative estimate of drug-likeness (QED) is 0.873. The third kappa shape index (κ3) is 2.04. The molecule has 2 aromatic rings. The highest BCUT2D eigenvalue weighted by atomic mass is 16.4. The smallest absolute Gasteiger partial charge is 0.326 e. The number of imidazole rings is 1. The molecule has 0 aromatic carbocycles. The summed E-state index contributed by atoms with van der Waals surface area (Å²) in [6.07, 6.45) is 4.90. The van der Waals surface area contributed by atoms with Gasteiger partial charge in [0.15, 0.2) is 0 Å². The zero-order valence-corrected chi connectivity index (χ0v) is 10.1. The van der Waals surface area contributed by atoms with Crippen LogP contribution in [0.4, 0.5) is 0 Å². The van der Waals surface area contributed by atoms with Crippen molar-refractivity contribution in [2.75, 3.05) is 7.05 Å². The Labute approximate surface area is 103 Å². The Morgan fingerprint density at radius 2 is 2.17 bits per heavy atom. The number of hydrogen-bond acceptors (Lipinski definition) is 3. The summed E-state index contributed by atoms with van der Waals surface area (Å²) in [7, 11) is 1.47. The highest BCUT2D eigenvalue weighted by Gasteiger charge is 2.22. The van der Waals surface area contributed by atoms with Crippen LogP contribution in [-0.4, -0.2) is 44.4 Å². The Morgan fingerprint density at radius 3 is 2.83 bits per heavy atom. The van der Waals surface area contributed by atoms with E-state index in [1.54, 1.807) is 35.3 Å². The molecule has 2 heterocycles. The lowest BCUT2D eigenvalue weighted by atomic mass is 10.2. The molecule has 2 aromatic heterocycles. The number of rotatable bonds is 3. The lowest BCUT2D eigenvalue weighted by Gasteiger charge is -2.21. The molecule has 1 amide bonds. The van der Waals surface area contributed by atoms with E-state index in [0.29, 0.717) is 5.56 Å². The first-order chi connectivity index (χ1) is 8.50. The maximum Gasteiger partial charge on any atom is 0.326 e. The Morgan fingerprint density at radius 1 is 1.44 bits per heavy atom. The predicted octanol–water partition coefficient (Wildman–Crippen LogP) is 0.879. The van der Waals surface area contributed by atoms with Crippen molar-refractivity contribution in [3.8, 4) is 0 Å². The van der Waals surface area contributed by atoms with E-state index in [-0.39, 0.29) is 5.91 Å². The van der Waals surface area contributed by atoms with Crippen molar-refractivity contribution in [1.29, 1.82) is 0 Å². The monoisotopic (exact) mass is 247 g/mol. The second-order valence-corrected chi connectivity index (χ2v) is 4.07. The number of amides is 1. The molecule has 0 aliphatic rings. The number of nitrogens with zero attached hydrogens (tertiary/aromatic N) is 3. The second-order valence-electron chi connectivity index (χ2n) is 4.07. The summed E-state index contributed by atoms with van der Waals surface area (Å²) < 4.78 is 1.71. The van der Waals surface area contributed by atoms with Crippen molar-refractivity contribution in [1.82, 2.24) is 14.3 Å². The molecule has 0 bridgehead atoms. The van der Waals surface area contributed by atoms with Gasteiger partial charge in [-0.2, -0.15) is 0 Å². The van der Waals surface area contributed by atoms with Gasteiger partial charge in [-0.1, -0.05) is 0 Å². The van der Waals surface area contributed by atoms with Crippen molar-refractivity contribution < 1.29 is 14.7 Å². The molecule has 1 atom stereocenters. The van der Waals surface area contributed by atoms with Crippen LogP contribution in [0, 0.1) is 0 Å². The van der Waals surface area contributed by atoms with E-state index in [0.717, 1.165) is 5.52 Å². The van der Waals surface area contributed by atoms with Gasteiger partial charge in [0, 0.05) is 13.2 Å². The first kappa shape index (κ1) is 12.1. The molecule has 0 aliphatic heterocycles. The minimum absolute atomic E-state index is 0.333. The highest BCUT2D eigenvalue weighted by Crippen LogP contribution is 2.09. The van der Waals surface area contributed by atoms with Crippen molar-refractivity contribution >= 4 is 17.4 Å². The Kier molecular flexibility index (Phi) is 3.01. The Hall–Kier alpha value is -2.37. The molecule has 2 rings (SSSR count). The van der Waals surface area contributed by atoms with Crippen LogP contribution >= 0.6 is 0 Å². The molecule has 18 heavy (non-hydrogen) atoms. The van der Waals surface area contributed by atoms with Gasteiger partial charge < -0.3 is 14.4 Å². The van der Waals surface area contributed by atoms with Crippen molar-refractivity contribution in [2.24, 2.45) is 0 Å². The maximum absolute atomic E-state index is 12.1. The number of aromatic nitrogens is 2. The standard InChI is InChI=1S/C12H13N3O3/c1-8(12(17)18)14(2)11(16)9-3-4-10-5-13-7-15(10)6-9/h3-8H,1-2H3,(H,17,18). The van der Waals surface area contributed by atoms with Crippen LogP contribution in [0.1, 0.15) is 17.3 Å². The number of hydrogen-bond donors (Lipinski definition) is 1. The van der Waals surface area contributed by atoms with E-state index in [1.165, 1.54) is 18.9 Å². The van der Waals surface area contributed by atoms with E-state index >= 15 is 0 Å². The maximum atomic E-state index is 12.1. The van der Waals surface area contributed by atoms with Crippen LogP contribution < -0.4 is 0 Å². The molecule has 6 nitrogen and oxygen atoms in total. The molecule has 94 valence electrons. The number of carboxylic acid groups (broad SMARTS) is 1. The molecular weight excluding hydrogens is 234 g/mol. The average Bonchev–Trinajstić information content (AvgIpc) is 2.82. The van der Waals surface area contributed by atoms with Gasteiger partial charge in [-0.15, -0.1) is 0 Å². The van der Waals surface area contributed by atoms with Crippen LogP contribution in [0.3, 0.4) is 0 Å². The molecule has 0 saturated carbocycles. The van der Waals surface area contributed by atoms with Gasteiger partial charge in [0.05, 0.1) is 23.6 Å². The van der Waals surface area contributed by atoms with E-state index < -0.39 is 12.0 Å². The molecule has 0 spiro atoms. The normalized spacial score (nSPS) is 12.3. The molecule has 0 aliphatic carbocycles. The van der Waals surface area contributed by atoms with Gasteiger partial charge in [-0.3, -0.25) is 4.79 Å². The third-order valence-corrected chi connectivity index (χ3v) is 2.91. The number of carboxylic acids is 1. The molecule has 1 N–H and O–H groups in total. The number of pyridine rings is 1. The van der Waals surface area contributed by atoms with Crippen LogP contribution in [0.25, 0.3) is 5.52 Å². The van der Waals surface area contributed by atoms with Crippen LogP contribution in [0.5, 0.6) is 0 Å². The Bertz CT molecular complexity index is 605. The van der Waals surface area contributed by atoms with Gasteiger partial charge in [0.25, 0.3) is 5.91 Å². The first-order valence-electron chi connectivity index (χ1n) is 5.42. The summed E-state index contributed by atoms with van der Waals surface area (Å²) >= 11 is 0. The number of carbonyl (C=O) groups excluding carboxylic acids is 1. The lowest BCUT2D eigenvalue weighted by molar-refractivity contribution is -0.141. The van der Waals surface area contributed by atoms with E-state index in [4.69, 9.17) is 5.11 Å². The first-order valence-corrected chi connectivity index (χ1v) is 5.42. The van der Waals surface area contributed by atoms with Gasteiger partial charge in [0.1, 0.15) is 6.04 Å². The van der Waals surface area contributed by atoms with Crippen molar-refractivity contribution in [2.45, 2.75) is 13.0 Å². The van der Waals surface area contributed by atoms with Crippen LogP contribution in [0.2, 0.25) is 0 Å². The van der Waals surface area contributed by atoms with Gasteiger partial charge in [-0.05, 0) is 19.1 Å². The van der Waals surface area contributed by atoms with Gasteiger partial charge in [0.2, 0.25) is 0 Å². The Balaban J connectivity index is 2.30. The summed E-state index contributed by atoms with van der Waals surface area (Å²) in [5.74, 6) is -1.37. The zero-order chi connectivity index (χ0) is 13.3. The molecule has 1 unspecified atom stereocenters. The topological polar surface area (TPSA) is 74.9 Å². The van der Waals surface area contributed by atoms with E-state index in [9.17, 15) is 9.59 Å². The number of fused-ring (bicyclic) bond motifs is 1. The van der Waals surface area contributed by atoms with Crippen molar-refractivity contribution in [3.63, 3.8) is 0 Å².